The van der Waals surface area contributed by atoms with Crippen LogP contribution in [0.3, 0.4) is 0 Å². The van der Waals surface area contributed by atoms with Gasteiger partial charge in [0.1, 0.15) is 10.5 Å². The highest BCUT2D eigenvalue weighted by atomic mass is 16.6. The van der Waals surface area contributed by atoms with Crippen LogP contribution in [0.15, 0.2) is 16.5 Å². The summed E-state index contributed by atoms with van der Waals surface area (Å²) >= 11 is 0. The maximum Gasteiger partial charge on any atom is 0.434 e. The standard InChI is InChI=1S/C12H10N2O6/c1-2-9-11-7(5-19-9)12-6(3-8(11)13(15)16)4-10(20-12)14(17)18/h3-4,9H,2,5H2,1H3. The first-order chi connectivity index (χ1) is 9.52. The Balaban J connectivity index is 2.34. The van der Waals surface area contributed by atoms with Crippen molar-refractivity contribution < 1.29 is 19.0 Å². The predicted octanol–water partition coefficient (Wildman–Crippen LogP) is 3.23. The molecule has 3 rings (SSSR count). The zero-order valence-electron chi connectivity index (χ0n) is 10.5. The molecule has 0 bridgehead atoms. The van der Waals surface area contributed by atoms with Crippen LogP contribution >= 0.6 is 0 Å². The zero-order valence-corrected chi connectivity index (χ0v) is 10.5. The van der Waals surface area contributed by atoms with E-state index >= 15 is 0 Å². The van der Waals surface area contributed by atoms with Gasteiger partial charge in [0.25, 0.3) is 5.69 Å². The molecule has 0 amide bonds. The molecule has 8 nitrogen and oxygen atoms in total. The van der Waals surface area contributed by atoms with Crippen molar-refractivity contribution in [3.05, 3.63) is 43.5 Å². The lowest BCUT2D eigenvalue weighted by Gasteiger charge is -2.07. The number of furan rings is 1. The Bertz CT molecular complexity index is 735. The highest BCUT2D eigenvalue weighted by molar-refractivity contribution is 5.87. The van der Waals surface area contributed by atoms with Crippen LogP contribution in [0.4, 0.5) is 11.6 Å². The van der Waals surface area contributed by atoms with Gasteiger partial charge < -0.3 is 9.15 Å². The fourth-order valence-corrected chi connectivity index (χ4v) is 2.57. The average molecular weight is 278 g/mol. The number of nitrogens with zero attached hydrogens (tertiary/aromatic N) is 2. The number of ether oxygens (including phenoxy) is 1. The van der Waals surface area contributed by atoms with Crippen molar-refractivity contribution in [3.8, 4) is 0 Å². The summed E-state index contributed by atoms with van der Waals surface area (Å²) in [5.41, 5.74) is 1.23. The van der Waals surface area contributed by atoms with Crippen LogP contribution in [0.2, 0.25) is 0 Å². The number of rotatable bonds is 3. The van der Waals surface area contributed by atoms with Crippen molar-refractivity contribution in [2.24, 2.45) is 0 Å². The monoisotopic (exact) mass is 278 g/mol. The van der Waals surface area contributed by atoms with Crippen LogP contribution in [0, 0.1) is 20.2 Å². The van der Waals surface area contributed by atoms with E-state index in [1.54, 1.807) is 0 Å². The van der Waals surface area contributed by atoms with Crippen molar-refractivity contribution >= 4 is 22.5 Å². The Morgan fingerprint density at radius 2 is 2.05 bits per heavy atom. The first-order valence-electron chi connectivity index (χ1n) is 6.02. The lowest BCUT2D eigenvalue weighted by molar-refractivity contribution is -0.401. The Hall–Kier alpha value is -2.48. The van der Waals surface area contributed by atoms with Crippen molar-refractivity contribution in [2.45, 2.75) is 26.1 Å². The fourth-order valence-electron chi connectivity index (χ4n) is 2.57. The third-order valence-corrected chi connectivity index (χ3v) is 3.41. The first kappa shape index (κ1) is 12.5. The van der Waals surface area contributed by atoms with E-state index < -0.39 is 15.7 Å². The lowest BCUT2D eigenvalue weighted by atomic mass is 9.99. The SMILES string of the molecule is CCC1OCc2c1c([N+](=O)[O-])cc1cc([N+](=O)[O-])oc21. The number of nitro groups is 2. The van der Waals surface area contributed by atoms with E-state index in [1.165, 1.54) is 12.1 Å². The van der Waals surface area contributed by atoms with Crippen LogP contribution in [0.5, 0.6) is 0 Å². The Labute approximate surface area is 112 Å². The molecule has 0 saturated carbocycles. The molecule has 1 aliphatic rings. The van der Waals surface area contributed by atoms with E-state index in [9.17, 15) is 20.2 Å². The summed E-state index contributed by atoms with van der Waals surface area (Å²) in [4.78, 5) is 20.8. The van der Waals surface area contributed by atoms with Crippen molar-refractivity contribution in [1.82, 2.24) is 0 Å². The van der Waals surface area contributed by atoms with E-state index in [-0.39, 0.29) is 18.4 Å². The molecule has 20 heavy (non-hydrogen) atoms. The molecular weight excluding hydrogens is 268 g/mol. The van der Waals surface area contributed by atoms with Gasteiger partial charge in [0.05, 0.1) is 29.3 Å². The summed E-state index contributed by atoms with van der Waals surface area (Å²) in [6.45, 7) is 2.02. The van der Waals surface area contributed by atoms with Gasteiger partial charge in [-0.1, -0.05) is 6.92 Å². The fraction of sp³-hybridized carbons (Fsp3) is 0.333. The summed E-state index contributed by atoms with van der Waals surface area (Å²) in [5.74, 6) is -0.428. The van der Waals surface area contributed by atoms with Gasteiger partial charge in [-0.05, 0) is 6.42 Å². The number of hydrogen-bond acceptors (Lipinski definition) is 6. The maximum atomic E-state index is 11.2. The van der Waals surface area contributed by atoms with Gasteiger partial charge in [-0.3, -0.25) is 20.2 Å². The second-order valence-corrected chi connectivity index (χ2v) is 4.51. The number of benzene rings is 1. The lowest BCUT2D eigenvalue weighted by Crippen LogP contribution is -1.99. The van der Waals surface area contributed by atoms with E-state index in [2.05, 4.69) is 0 Å². The minimum absolute atomic E-state index is 0.0763. The molecule has 1 aliphatic heterocycles. The van der Waals surface area contributed by atoms with E-state index in [4.69, 9.17) is 9.15 Å². The van der Waals surface area contributed by atoms with E-state index in [1.807, 2.05) is 6.92 Å². The normalized spacial score (nSPS) is 17.4. The molecule has 0 saturated heterocycles. The van der Waals surface area contributed by atoms with Gasteiger partial charge in [0.15, 0.2) is 0 Å². The minimum Gasteiger partial charge on any atom is -0.400 e. The van der Waals surface area contributed by atoms with Crippen molar-refractivity contribution in [1.29, 1.82) is 0 Å². The molecule has 8 heteroatoms. The highest BCUT2D eigenvalue weighted by Gasteiger charge is 2.34. The zero-order chi connectivity index (χ0) is 14.4. The maximum absolute atomic E-state index is 11.2. The minimum atomic E-state index is -0.661. The van der Waals surface area contributed by atoms with Crippen LogP contribution < -0.4 is 0 Å². The van der Waals surface area contributed by atoms with Crippen LogP contribution in [-0.2, 0) is 11.3 Å². The molecule has 1 unspecified atom stereocenters. The summed E-state index contributed by atoms with van der Waals surface area (Å²) in [6, 6.07) is 2.50. The second kappa shape index (κ2) is 4.27. The van der Waals surface area contributed by atoms with Gasteiger partial charge in [-0.15, -0.1) is 0 Å². The molecule has 0 spiro atoms. The Morgan fingerprint density at radius 1 is 1.30 bits per heavy atom. The Kier molecular flexibility index (Phi) is 2.68. The van der Waals surface area contributed by atoms with E-state index in [0.29, 0.717) is 28.5 Å². The van der Waals surface area contributed by atoms with E-state index in [0.717, 1.165) is 0 Å². The molecule has 1 aromatic heterocycles. The van der Waals surface area contributed by atoms with Crippen molar-refractivity contribution in [3.63, 3.8) is 0 Å². The molecule has 104 valence electrons. The quantitative estimate of drug-likeness (QED) is 0.629. The summed E-state index contributed by atoms with van der Waals surface area (Å²) in [6.07, 6.45) is 0.209. The third kappa shape index (κ3) is 1.65. The summed E-state index contributed by atoms with van der Waals surface area (Å²) < 4.78 is 10.7. The predicted molar refractivity (Wildman–Crippen MR) is 67.3 cm³/mol. The van der Waals surface area contributed by atoms with Gasteiger partial charge in [0.2, 0.25) is 0 Å². The topological polar surface area (TPSA) is 109 Å². The van der Waals surface area contributed by atoms with Gasteiger partial charge in [0, 0.05) is 17.0 Å². The summed E-state index contributed by atoms with van der Waals surface area (Å²) in [7, 11) is 0. The largest absolute Gasteiger partial charge is 0.434 e. The molecule has 0 fully saturated rings. The molecule has 1 atom stereocenters. The summed E-state index contributed by atoms with van der Waals surface area (Å²) in [5, 5.41) is 22.3. The molecule has 1 aromatic carbocycles. The van der Waals surface area contributed by atoms with Gasteiger partial charge >= 0.3 is 5.88 Å². The third-order valence-electron chi connectivity index (χ3n) is 3.41. The molecule has 2 aromatic rings. The van der Waals surface area contributed by atoms with Crippen LogP contribution in [-0.4, -0.2) is 9.85 Å². The first-order valence-corrected chi connectivity index (χ1v) is 6.02. The molecule has 0 aliphatic carbocycles. The molecule has 2 heterocycles. The average Bonchev–Trinajstić information content (AvgIpc) is 3.00. The Morgan fingerprint density at radius 3 is 2.65 bits per heavy atom. The van der Waals surface area contributed by atoms with Gasteiger partial charge in [-0.2, -0.15) is 0 Å². The number of fused-ring (bicyclic) bond motifs is 3. The molecule has 0 N–H and O–H groups in total. The number of nitro benzene ring substituents is 1. The molecule has 0 radical (unpaired) electrons. The number of hydrogen-bond donors (Lipinski definition) is 0. The van der Waals surface area contributed by atoms with Crippen LogP contribution in [0.1, 0.15) is 30.6 Å². The highest BCUT2D eigenvalue weighted by Crippen LogP contribution is 2.44. The van der Waals surface area contributed by atoms with Crippen LogP contribution in [0.25, 0.3) is 11.0 Å². The smallest absolute Gasteiger partial charge is 0.400 e. The van der Waals surface area contributed by atoms with Crippen molar-refractivity contribution in [2.75, 3.05) is 0 Å². The molecular formula is C12H10N2O6. The van der Waals surface area contributed by atoms with Gasteiger partial charge in [-0.25, -0.2) is 0 Å². The second-order valence-electron chi connectivity index (χ2n) is 4.51.